The fraction of sp³-hybridized carbons (Fsp3) is 0.167. The maximum atomic E-state index is 12.1. The Morgan fingerprint density at radius 2 is 2.10 bits per heavy atom. The summed E-state index contributed by atoms with van der Waals surface area (Å²) < 4.78 is 5.65. The summed E-state index contributed by atoms with van der Waals surface area (Å²) in [5, 5.41) is 4.76. The number of anilines is 1. The number of ether oxygens (including phenoxy) is 1. The van der Waals surface area contributed by atoms with Crippen molar-refractivity contribution in [3.63, 3.8) is 0 Å². The minimum absolute atomic E-state index is 0.272. The van der Waals surface area contributed by atoms with Crippen molar-refractivity contribution in [2.75, 3.05) is 11.9 Å². The van der Waals surface area contributed by atoms with E-state index in [4.69, 9.17) is 27.9 Å². The Morgan fingerprint density at radius 3 is 2.70 bits per heavy atom. The van der Waals surface area contributed by atoms with E-state index in [1.165, 1.54) is 17.4 Å². The van der Waals surface area contributed by atoms with Gasteiger partial charge in [0.2, 0.25) is 0 Å². The van der Waals surface area contributed by atoms with Crippen molar-refractivity contribution in [2.45, 2.75) is 6.92 Å². The third-order valence-electron chi connectivity index (χ3n) is 2.29. The van der Waals surface area contributed by atoms with Gasteiger partial charge in [0.25, 0.3) is 5.91 Å². The second kappa shape index (κ2) is 6.58. The molecule has 20 heavy (non-hydrogen) atoms. The maximum absolute atomic E-state index is 12.1. The Balaban J connectivity index is 2.19. The van der Waals surface area contributed by atoms with Crippen molar-refractivity contribution in [1.29, 1.82) is 0 Å². The van der Waals surface area contributed by atoms with Crippen LogP contribution in [0.4, 0.5) is 5.00 Å². The first-order valence-electron chi connectivity index (χ1n) is 5.53. The molecule has 1 amide bonds. The number of carbonyl (C=O) groups excluding carboxylic acids is 2. The molecule has 0 fully saturated rings. The molecule has 106 valence electrons. The van der Waals surface area contributed by atoms with Crippen molar-refractivity contribution in [2.24, 2.45) is 0 Å². The summed E-state index contributed by atoms with van der Waals surface area (Å²) in [5.41, 5.74) is 0.604. The van der Waals surface area contributed by atoms with E-state index in [1.807, 2.05) is 0 Å². The van der Waals surface area contributed by atoms with Gasteiger partial charge in [-0.3, -0.25) is 4.79 Å². The van der Waals surface area contributed by atoms with Crippen LogP contribution >= 0.6 is 45.9 Å². The van der Waals surface area contributed by atoms with E-state index in [2.05, 4.69) is 5.32 Å². The Labute approximate surface area is 133 Å². The van der Waals surface area contributed by atoms with E-state index in [9.17, 15) is 9.59 Å². The molecule has 4 nitrogen and oxygen atoms in total. The van der Waals surface area contributed by atoms with Gasteiger partial charge in [-0.15, -0.1) is 22.7 Å². The summed E-state index contributed by atoms with van der Waals surface area (Å²) in [6.07, 6.45) is 0. The highest BCUT2D eigenvalue weighted by Crippen LogP contribution is 2.32. The average Bonchev–Trinajstić information content (AvgIpc) is 2.96. The second-order valence-corrected chi connectivity index (χ2v) is 6.78. The number of halogens is 2. The standard InChI is InChI=1S/C12H9Cl2NO3S2/c1-2-18-12(17)6-3-4-19-11(6)15-10(16)7-5-8(13)20-9(7)14/h3-5H,2H2,1H3,(H,15,16). The van der Waals surface area contributed by atoms with Gasteiger partial charge in [0.05, 0.1) is 22.1 Å². The molecule has 0 spiro atoms. The number of nitrogens with one attached hydrogen (secondary N) is 1. The summed E-state index contributed by atoms with van der Waals surface area (Å²) in [4.78, 5) is 23.8. The minimum Gasteiger partial charge on any atom is -0.462 e. The third kappa shape index (κ3) is 3.32. The number of esters is 1. The Morgan fingerprint density at radius 1 is 1.35 bits per heavy atom. The first-order chi connectivity index (χ1) is 9.52. The molecule has 0 aliphatic carbocycles. The van der Waals surface area contributed by atoms with Crippen molar-refractivity contribution in [3.8, 4) is 0 Å². The Kier molecular flexibility index (Phi) is 5.04. The van der Waals surface area contributed by atoms with E-state index in [1.54, 1.807) is 18.4 Å². The SMILES string of the molecule is CCOC(=O)c1ccsc1NC(=O)c1cc(Cl)sc1Cl. The molecular formula is C12H9Cl2NO3S2. The van der Waals surface area contributed by atoms with Crippen LogP contribution in [0.25, 0.3) is 0 Å². The molecule has 0 bridgehead atoms. The van der Waals surface area contributed by atoms with Crippen molar-refractivity contribution < 1.29 is 14.3 Å². The minimum atomic E-state index is -0.474. The molecule has 0 radical (unpaired) electrons. The fourth-order valence-electron chi connectivity index (χ4n) is 1.44. The van der Waals surface area contributed by atoms with Gasteiger partial charge in [-0.05, 0) is 24.4 Å². The zero-order valence-corrected chi connectivity index (χ0v) is 13.4. The predicted octanol–water partition coefficient (Wildman–Crippen LogP) is 4.55. The van der Waals surface area contributed by atoms with Crippen LogP contribution in [0.1, 0.15) is 27.6 Å². The lowest BCUT2D eigenvalue weighted by Crippen LogP contribution is -2.13. The lowest BCUT2D eigenvalue weighted by molar-refractivity contribution is 0.0528. The number of rotatable bonds is 4. The molecule has 0 atom stereocenters. The van der Waals surface area contributed by atoms with Gasteiger partial charge in [0.1, 0.15) is 9.34 Å². The van der Waals surface area contributed by atoms with E-state index in [0.29, 0.717) is 19.2 Å². The van der Waals surface area contributed by atoms with Gasteiger partial charge in [-0.1, -0.05) is 23.2 Å². The first kappa shape index (κ1) is 15.3. The number of hydrogen-bond acceptors (Lipinski definition) is 5. The topological polar surface area (TPSA) is 55.4 Å². The quantitative estimate of drug-likeness (QED) is 0.824. The number of thiophene rings is 2. The number of carbonyl (C=O) groups is 2. The molecule has 0 aromatic carbocycles. The maximum Gasteiger partial charge on any atom is 0.341 e. The normalized spacial score (nSPS) is 10.3. The molecule has 0 saturated heterocycles. The molecule has 0 aliphatic rings. The van der Waals surface area contributed by atoms with E-state index in [0.717, 1.165) is 11.3 Å². The molecular weight excluding hydrogens is 341 g/mol. The van der Waals surface area contributed by atoms with Crippen LogP contribution in [-0.4, -0.2) is 18.5 Å². The molecule has 0 aliphatic heterocycles. The summed E-state index contributed by atoms with van der Waals surface area (Å²) in [7, 11) is 0. The van der Waals surface area contributed by atoms with Crippen LogP contribution in [0.5, 0.6) is 0 Å². The van der Waals surface area contributed by atoms with Crippen molar-refractivity contribution >= 4 is 62.8 Å². The van der Waals surface area contributed by atoms with Gasteiger partial charge in [0, 0.05) is 0 Å². The van der Waals surface area contributed by atoms with Crippen LogP contribution in [0.3, 0.4) is 0 Å². The highest BCUT2D eigenvalue weighted by molar-refractivity contribution is 7.20. The fourth-order valence-corrected chi connectivity index (χ4v) is 3.67. The smallest absolute Gasteiger partial charge is 0.341 e. The monoisotopic (exact) mass is 349 g/mol. The van der Waals surface area contributed by atoms with E-state index >= 15 is 0 Å². The summed E-state index contributed by atoms with van der Waals surface area (Å²) in [6.45, 7) is 1.99. The molecule has 0 saturated carbocycles. The van der Waals surface area contributed by atoms with Crippen LogP contribution in [0.2, 0.25) is 8.67 Å². The van der Waals surface area contributed by atoms with Gasteiger partial charge in [0.15, 0.2) is 0 Å². The molecule has 1 N–H and O–H groups in total. The summed E-state index contributed by atoms with van der Waals surface area (Å²) >= 11 is 14.1. The van der Waals surface area contributed by atoms with Crippen LogP contribution in [0.15, 0.2) is 17.5 Å². The first-order valence-corrected chi connectivity index (χ1v) is 7.99. The molecule has 0 unspecified atom stereocenters. The largest absolute Gasteiger partial charge is 0.462 e. The Hall–Kier alpha value is -1.08. The van der Waals surface area contributed by atoms with Gasteiger partial charge in [-0.2, -0.15) is 0 Å². The molecule has 2 heterocycles. The Bertz CT molecular complexity index is 651. The lowest BCUT2D eigenvalue weighted by atomic mass is 10.3. The second-order valence-electron chi connectivity index (χ2n) is 3.58. The highest BCUT2D eigenvalue weighted by atomic mass is 35.5. The summed E-state index contributed by atoms with van der Waals surface area (Å²) in [6, 6.07) is 3.09. The number of amides is 1. The lowest BCUT2D eigenvalue weighted by Gasteiger charge is -2.05. The zero-order valence-electron chi connectivity index (χ0n) is 10.2. The molecule has 2 aromatic rings. The molecule has 2 rings (SSSR count). The average molecular weight is 350 g/mol. The predicted molar refractivity (Wildman–Crippen MR) is 82.6 cm³/mol. The van der Waals surface area contributed by atoms with E-state index in [-0.39, 0.29) is 12.2 Å². The molecule has 8 heteroatoms. The summed E-state index contributed by atoms with van der Waals surface area (Å²) in [5.74, 6) is -0.885. The van der Waals surface area contributed by atoms with Gasteiger partial charge >= 0.3 is 5.97 Å². The third-order valence-corrected chi connectivity index (χ3v) is 4.61. The highest BCUT2D eigenvalue weighted by Gasteiger charge is 2.19. The van der Waals surface area contributed by atoms with Crippen LogP contribution < -0.4 is 5.32 Å². The van der Waals surface area contributed by atoms with E-state index < -0.39 is 11.9 Å². The molecule has 2 aromatic heterocycles. The van der Waals surface area contributed by atoms with Crippen LogP contribution in [-0.2, 0) is 4.74 Å². The zero-order chi connectivity index (χ0) is 14.7. The van der Waals surface area contributed by atoms with Crippen LogP contribution in [0, 0.1) is 0 Å². The van der Waals surface area contributed by atoms with Crippen molar-refractivity contribution in [1.82, 2.24) is 0 Å². The van der Waals surface area contributed by atoms with Gasteiger partial charge in [-0.25, -0.2) is 4.79 Å². The van der Waals surface area contributed by atoms with Crippen molar-refractivity contribution in [3.05, 3.63) is 37.3 Å². The van der Waals surface area contributed by atoms with Gasteiger partial charge < -0.3 is 10.1 Å². The number of hydrogen-bond donors (Lipinski definition) is 1.